The van der Waals surface area contributed by atoms with Gasteiger partial charge in [-0.15, -0.1) is 0 Å². The van der Waals surface area contributed by atoms with Gasteiger partial charge in [0, 0.05) is 0 Å². The Kier molecular flexibility index (Phi) is 2.78. The molecule has 2 nitrogen and oxygen atoms in total. The summed E-state index contributed by atoms with van der Waals surface area (Å²) in [6.07, 6.45) is 3.27. The molecule has 1 aromatic rings. The maximum absolute atomic E-state index is 9.64. The Bertz CT molecular complexity index is 371. The van der Waals surface area contributed by atoms with Crippen LogP contribution in [0.1, 0.15) is 30.6 Å². The molecule has 80 valence electrons. The molecule has 0 saturated carbocycles. The minimum atomic E-state index is -0.286. The van der Waals surface area contributed by atoms with Gasteiger partial charge >= 0.3 is 0 Å². The predicted molar refractivity (Wildman–Crippen MR) is 60.0 cm³/mol. The third-order valence-corrected chi connectivity index (χ3v) is 2.81. The van der Waals surface area contributed by atoms with Crippen molar-refractivity contribution >= 4 is 0 Å². The van der Waals surface area contributed by atoms with E-state index in [1.165, 1.54) is 5.56 Å². The molecule has 0 fully saturated rings. The number of rotatable bonds is 3. The molecule has 2 unspecified atom stereocenters. The minimum Gasteiger partial charge on any atom is -0.487 e. The third-order valence-electron chi connectivity index (χ3n) is 2.81. The van der Waals surface area contributed by atoms with E-state index in [0.717, 1.165) is 24.2 Å². The first-order chi connectivity index (χ1) is 7.20. The highest BCUT2D eigenvalue weighted by Crippen LogP contribution is 2.33. The Morgan fingerprint density at radius 2 is 2.40 bits per heavy atom. The standard InChI is InChI=1S/C13H16O2/c1-3-9(2)15-11-5-6-12-10(8-11)4-7-13(12)14/h3,5-6,8-9,13-14H,1,4,7H2,2H3. The van der Waals surface area contributed by atoms with Gasteiger partial charge in [-0.1, -0.05) is 18.7 Å². The molecule has 0 saturated heterocycles. The van der Waals surface area contributed by atoms with Crippen LogP contribution in [0.4, 0.5) is 0 Å². The van der Waals surface area contributed by atoms with Crippen LogP contribution in [-0.4, -0.2) is 11.2 Å². The molecule has 1 aliphatic carbocycles. The van der Waals surface area contributed by atoms with Gasteiger partial charge in [0.15, 0.2) is 0 Å². The number of hydrogen-bond acceptors (Lipinski definition) is 2. The molecule has 1 N–H and O–H groups in total. The monoisotopic (exact) mass is 204 g/mol. The zero-order valence-corrected chi connectivity index (χ0v) is 8.94. The summed E-state index contributed by atoms with van der Waals surface area (Å²) in [6, 6.07) is 5.89. The number of ether oxygens (including phenoxy) is 1. The quantitative estimate of drug-likeness (QED) is 0.767. The van der Waals surface area contributed by atoms with E-state index in [9.17, 15) is 5.11 Å². The summed E-state index contributed by atoms with van der Waals surface area (Å²) in [7, 11) is 0. The van der Waals surface area contributed by atoms with Gasteiger partial charge in [0.2, 0.25) is 0 Å². The van der Waals surface area contributed by atoms with Crippen molar-refractivity contribution in [1.29, 1.82) is 0 Å². The van der Waals surface area contributed by atoms with Crippen molar-refractivity contribution in [2.45, 2.75) is 32.0 Å². The smallest absolute Gasteiger partial charge is 0.120 e. The second kappa shape index (κ2) is 4.07. The Morgan fingerprint density at radius 1 is 1.60 bits per heavy atom. The van der Waals surface area contributed by atoms with Crippen LogP contribution in [0.15, 0.2) is 30.9 Å². The summed E-state index contributed by atoms with van der Waals surface area (Å²) in [5.41, 5.74) is 2.25. The molecule has 2 rings (SSSR count). The molecule has 2 atom stereocenters. The maximum Gasteiger partial charge on any atom is 0.120 e. The van der Waals surface area contributed by atoms with Gasteiger partial charge in [0.05, 0.1) is 6.10 Å². The van der Waals surface area contributed by atoms with Gasteiger partial charge in [-0.2, -0.15) is 0 Å². The lowest BCUT2D eigenvalue weighted by Gasteiger charge is -2.12. The summed E-state index contributed by atoms with van der Waals surface area (Å²) in [4.78, 5) is 0. The molecule has 0 radical (unpaired) electrons. The highest BCUT2D eigenvalue weighted by atomic mass is 16.5. The predicted octanol–water partition coefficient (Wildman–Crippen LogP) is 2.62. The van der Waals surface area contributed by atoms with Gasteiger partial charge in [-0.05, 0) is 43.0 Å². The van der Waals surface area contributed by atoms with E-state index in [0.29, 0.717) is 0 Å². The van der Waals surface area contributed by atoms with E-state index < -0.39 is 0 Å². The van der Waals surface area contributed by atoms with E-state index in [1.807, 2.05) is 25.1 Å². The molecule has 0 heterocycles. The number of hydrogen-bond donors (Lipinski definition) is 1. The van der Waals surface area contributed by atoms with Gasteiger partial charge in [-0.25, -0.2) is 0 Å². The average Bonchev–Trinajstić information content (AvgIpc) is 2.60. The van der Waals surface area contributed by atoms with Gasteiger partial charge < -0.3 is 9.84 Å². The molecule has 0 aromatic heterocycles. The summed E-state index contributed by atoms with van der Waals surface area (Å²) in [5.74, 6) is 0.857. The summed E-state index contributed by atoms with van der Waals surface area (Å²) < 4.78 is 5.62. The van der Waals surface area contributed by atoms with E-state index in [1.54, 1.807) is 6.08 Å². The fourth-order valence-electron chi connectivity index (χ4n) is 1.91. The van der Waals surface area contributed by atoms with Crippen molar-refractivity contribution in [3.05, 3.63) is 42.0 Å². The molecule has 1 aromatic carbocycles. The van der Waals surface area contributed by atoms with Crippen LogP contribution in [0.5, 0.6) is 5.75 Å². The van der Waals surface area contributed by atoms with Gasteiger partial charge in [-0.3, -0.25) is 0 Å². The van der Waals surface area contributed by atoms with Crippen molar-refractivity contribution in [2.75, 3.05) is 0 Å². The summed E-state index contributed by atoms with van der Waals surface area (Å²) in [5, 5.41) is 9.64. The molecule has 1 aliphatic rings. The topological polar surface area (TPSA) is 29.5 Å². The van der Waals surface area contributed by atoms with Crippen molar-refractivity contribution in [3.63, 3.8) is 0 Å². The van der Waals surface area contributed by atoms with Crippen LogP contribution in [0, 0.1) is 0 Å². The van der Waals surface area contributed by atoms with Crippen LogP contribution in [0.3, 0.4) is 0 Å². The van der Waals surface area contributed by atoms with E-state index in [-0.39, 0.29) is 12.2 Å². The highest BCUT2D eigenvalue weighted by molar-refractivity contribution is 5.40. The van der Waals surface area contributed by atoms with Crippen molar-refractivity contribution in [3.8, 4) is 5.75 Å². The van der Waals surface area contributed by atoms with Crippen LogP contribution in [0.25, 0.3) is 0 Å². The fourth-order valence-corrected chi connectivity index (χ4v) is 1.91. The van der Waals surface area contributed by atoms with Crippen LogP contribution >= 0.6 is 0 Å². The van der Waals surface area contributed by atoms with Crippen LogP contribution in [0.2, 0.25) is 0 Å². The van der Waals surface area contributed by atoms with Gasteiger partial charge in [0.25, 0.3) is 0 Å². The van der Waals surface area contributed by atoms with Crippen LogP contribution < -0.4 is 4.74 Å². The summed E-state index contributed by atoms with van der Waals surface area (Å²) >= 11 is 0. The fraction of sp³-hybridized carbons (Fsp3) is 0.385. The van der Waals surface area contributed by atoms with E-state index in [4.69, 9.17) is 4.74 Å². The van der Waals surface area contributed by atoms with Crippen molar-refractivity contribution in [1.82, 2.24) is 0 Å². The number of benzene rings is 1. The SMILES string of the molecule is C=CC(C)Oc1ccc2c(c1)CCC2O. The molecular weight excluding hydrogens is 188 g/mol. The van der Waals surface area contributed by atoms with E-state index in [2.05, 4.69) is 6.58 Å². The largest absolute Gasteiger partial charge is 0.487 e. The number of aliphatic hydroxyl groups excluding tert-OH is 1. The summed E-state index contributed by atoms with van der Waals surface area (Å²) in [6.45, 7) is 5.63. The molecule has 2 heteroatoms. The average molecular weight is 204 g/mol. The molecule has 0 bridgehead atoms. The molecule has 0 aliphatic heterocycles. The number of aryl methyl sites for hydroxylation is 1. The molecular formula is C13H16O2. The molecule has 0 amide bonds. The minimum absolute atomic E-state index is 0.0226. The molecule has 15 heavy (non-hydrogen) atoms. The van der Waals surface area contributed by atoms with Gasteiger partial charge in [0.1, 0.15) is 11.9 Å². The zero-order chi connectivity index (χ0) is 10.8. The number of fused-ring (bicyclic) bond motifs is 1. The van der Waals surface area contributed by atoms with E-state index >= 15 is 0 Å². The lowest BCUT2D eigenvalue weighted by atomic mass is 10.1. The Balaban J connectivity index is 2.19. The Hall–Kier alpha value is -1.28. The third kappa shape index (κ3) is 2.05. The second-order valence-electron chi connectivity index (χ2n) is 3.97. The highest BCUT2D eigenvalue weighted by Gasteiger charge is 2.20. The van der Waals surface area contributed by atoms with Crippen LogP contribution in [-0.2, 0) is 6.42 Å². The zero-order valence-electron chi connectivity index (χ0n) is 8.94. The first kappa shape index (κ1) is 10.2. The molecule has 0 spiro atoms. The number of aliphatic hydroxyl groups is 1. The first-order valence-corrected chi connectivity index (χ1v) is 5.31. The lowest BCUT2D eigenvalue weighted by molar-refractivity contribution is 0.180. The lowest BCUT2D eigenvalue weighted by Crippen LogP contribution is -2.07. The Morgan fingerprint density at radius 3 is 3.13 bits per heavy atom. The second-order valence-corrected chi connectivity index (χ2v) is 3.97. The maximum atomic E-state index is 9.64. The van der Waals surface area contributed by atoms with Crippen molar-refractivity contribution in [2.24, 2.45) is 0 Å². The normalized spacial score (nSPS) is 20.8. The Labute approximate surface area is 90.2 Å². The first-order valence-electron chi connectivity index (χ1n) is 5.31. The van der Waals surface area contributed by atoms with Crippen molar-refractivity contribution < 1.29 is 9.84 Å².